The molecule has 0 bridgehead atoms. The normalized spacial score (nSPS) is 22.0. The zero-order chi connectivity index (χ0) is 40.4. The van der Waals surface area contributed by atoms with Crippen molar-refractivity contribution in [2.45, 2.75) is 261 Å². The number of ether oxygens (including phenoxy) is 2. The quantitative estimate of drug-likeness (QED) is 0.0322. The van der Waals surface area contributed by atoms with Crippen LogP contribution < -0.4 is 0 Å². The fourth-order valence-electron chi connectivity index (χ4n) is 7.76. The summed E-state index contributed by atoms with van der Waals surface area (Å²) in [7, 11) is 5.15. The smallest absolute Gasteiger partial charge is 0.306 e. The first-order valence-corrected chi connectivity index (χ1v) is 26.0. The standard InChI is InChI=1S/C45H89O7P3/c1-3-5-7-9-11-13-15-17-19-21-23-25-27-29-31-33-38(46)51-35-37(36-55-45-41(49)40(48)43(53)44(54)42(45)50)52-39(47)34-32-30-28-26-24-22-20-18-16-14-12-10-8-6-4-2/h37,40-45,48-50,55H,3-36,53-54H2,1-2H3. The molecule has 0 aromatic carbocycles. The van der Waals surface area contributed by atoms with Gasteiger partial charge >= 0.3 is 11.9 Å². The predicted octanol–water partition coefficient (Wildman–Crippen LogP) is 11.6. The van der Waals surface area contributed by atoms with Crippen LogP contribution in [0, 0.1) is 0 Å². The minimum absolute atomic E-state index is 0.0206. The molecule has 1 saturated carbocycles. The van der Waals surface area contributed by atoms with Gasteiger partial charge in [0.1, 0.15) is 12.7 Å². The fourth-order valence-corrected chi connectivity index (χ4v) is 10.5. The number of carbonyl (C=O) groups is 2. The molecule has 0 aliphatic heterocycles. The lowest BCUT2D eigenvalue weighted by Crippen LogP contribution is -2.58. The Bertz CT molecular complexity index is 881. The van der Waals surface area contributed by atoms with Crippen molar-refractivity contribution in [2.75, 3.05) is 12.8 Å². The van der Waals surface area contributed by atoms with Gasteiger partial charge in [-0.25, -0.2) is 0 Å². The molecule has 0 aromatic heterocycles. The van der Waals surface area contributed by atoms with Gasteiger partial charge < -0.3 is 24.8 Å². The molecule has 10 atom stereocenters. The van der Waals surface area contributed by atoms with E-state index in [1.807, 2.05) is 0 Å². The Morgan fingerprint density at radius 2 is 0.818 bits per heavy atom. The molecule has 0 spiro atoms. The number of hydrogen-bond acceptors (Lipinski definition) is 7. The first-order valence-electron chi connectivity index (χ1n) is 23.4. The Labute approximate surface area is 345 Å². The van der Waals surface area contributed by atoms with Crippen LogP contribution in [0.1, 0.15) is 219 Å². The van der Waals surface area contributed by atoms with E-state index in [1.54, 1.807) is 0 Å². The molecule has 7 nitrogen and oxygen atoms in total. The fraction of sp³-hybridized carbons (Fsp3) is 0.956. The molecule has 55 heavy (non-hydrogen) atoms. The summed E-state index contributed by atoms with van der Waals surface area (Å²) in [6, 6.07) is 0. The molecule has 10 unspecified atom stereocenters. The van der Waals surface area contributed by atoms with E-state index in [4.69, 9.17) is 9.47 Å². The molecular formula is C45H89O7P3. The number of esters is 2. The van der Waals surface area contributed by atoms with Crippen LogP contribution in [0.25, 0.3) is 0 Å². The highest BCUT2D eigenvalue weighted by Gasteiger charge is 2.45. The van der Waals surface area contributed by atoms with E-state index in [0.717, 1.165) is 38.5 Å². The summed E-state index contributed by atoms with van der Waals surface area (Å²) in [5, 5.41) is 32.2. The van der Waals surface area contributed by atoms with Crippen molar-refractivity contribution in [1.29, 1.82) is 0 Å². The monoisotopic (exact) mass is 835 g/mol. The Balaban J connectivity index is 2.31. The van der Waals surface area contributed by atoms with Gasteiger partial charge in [0.2, 0.25) is 0 Å². The van der Waals surface area contributed by atoms with Gasteiger partial charge in [0.25, 0.3) is 0 Å². The van der Waals surface area contributed by atoms with Crippen LogP contribution in [0.15, 0.2) is 0 Å². The van der Waals surface area contributed by atoms with Gasteiger partial charge in [-0.1, -0.05) is 194 Å². The van der Waals surface area contributed by atoms with Crippen molar-refractivity contribution >= 4 is 39.0 Å². The van der Waals surface area contributed by atoms with Crippen LogP contribution in [0.2, 0.25) is 0 Å². The third-order valence-electron chi connectivity index (χ3n) is 11.6. The summed E-state index contributed by atoms with van der Waals surface area (Å²) in [5.74, 6) is -0.563. The first kappa shape index (κ1) is 53.1. The zero-order valence-corrected chi connectivity index (χ0v) is 39.0. The highest BCUT2D eigenvalue weighted by Crippen LogP contribution is 2.40. The van der Waals surface area contributed by atoms with Gasteiger partial charge in [-0.3, -0.25) is 9.59 Å². The number of aliphatic hydroxyl groups is 3. The van der Waals surface area contributed by atoms with Gasteiger partial charge in [0, 0.05) is 36.0 Å². The molecular weight excluding hydrogens is 745 g/mol. The molecule has 1 aliphatic carbocycles. The van der Waals surface area contributed by atoms with E-state index in [9.17, 15) is 24.9 Å². The van der Waals surface area contributed by atoms with E-state index in [-0.39, 0.29) is 38.4 Å². The second kappa shape index (κ2) is 37.1. The molecule has 0 radical (unpaired) electrons. The van der Waals surface area contributed by atoms with Crippen LogP contribution in [-0.2, 0) is 19.1 Å². The van der Waals surface area contributed by atoms with Gasteiger partial charge in [0.05, 0.1) is 18.3 Å². The van der Waals surface area contributed by atoms with E-state index >= 15 is 0 Å². The lowest BCUT2D eigenvalue weighted by atomic mass is 9.90. The maximum absolute atomic E-state index is 12.9. The van der Waals surface area contributed by atoms with Crippen molar-refractivity contribution in [1.82, 2.24) is 0 Å². The summed E-state index contributed by atoms with van der Waals surface area (Å²) >= 11 is 0. The van der Waals surface area contributed by atoms with E-state index in [1.165, 1.54) is 154 Å². The topological polar surface area (TPSA) is 113 Å². The lowest BCUT2D eigenvalue weighted by Gasteiger charge is -2.43. The number of unbranched alkanes of at least 4 members (excludes halogenated alkanes) is 28. The first-order chi connectivity index (χ1) is 26.7. The summed E-state index contributed by atoms with van der Waals surface area (Å²) in [6.07, 6.45) is 35.6. The number of carbonyl (C=O) groups excluding carboxylic acids is 2. The van der Waals surface area contributed by atoms with Crippen LogP contribution in [0.5, 0.6) is 0 Å². The minimum Gasteiger partial charge on any atom is -0.462 e. The Hall–Kier alpha value is 0.110. The third kappa shape index (κ3) is 28.3. The maximum Gasteiger partial charge on any atom is 0.306 e. The summed E-state index contributed by atoms with van der Waals surface area (Å²) in [6.45, 7) is 4.51. The maximum atomic E-state index is 12.9. The Morgan fingerprint density at radius 3 is 1.20 bits per heavy atom. The van der Waals surface area contributed by atoms with Gasteiger partial charge in [0.15, 0.2) is 0 Å². The summed E-state index contributed by atoms with van der Waals surface area (Å²) in [4.78, 5) is 25.5. The predicted molar refractivity (Wildman–Crippen MR) is 242 cm³/mol. The summed E-state index contributed by atoms with van der Waals surface area (Å²) < 4.78 is 11.5. The van der Waals surface area contributed by atoms with Crippen molar-refractivity contribution in [3.8, 4) is 0 Å². The van der Waals surface area contributed by atoms with Crippen LogP contribution in [0.3, 0.4) is 0 Å². The average Bonchev–Trinajstić information content (AvgIpc) is 3.18. The van der Waals surface area contributed by atoms with Crippen molar-refractivity contribution in [3.63, 3.8) is 0 Å². The van der Waals surface area contributed by atoms with E-state index in [0.29, 0.717) is 19.0 Å². The second-order valence-corrected chi connectivity index (χ2v) is 19.8. The highest BCUT2D eigenvalue weighted by atomic mass is 31.1. The van der Waals surface area contributed by atoms with Crippen molar-refractivity contribution in [3.05, 3.63) is 0 Å². The van der Waals surface area contributed by atoms with Crippen LogP contribution in [0.4, 0.5) is 0 Å². The van der Waals surface area contributed by atoms with Gasteiger partial charge in [-0.15, -0.1) is 27.1 Å². The minimum atomic E-state index is -1.07. The molecule has 0 heterocycles. The molecule has 326 valence electrons. The Morgan fingerprint density at radius 1 is 0.491 bits per heavy atom. The molecule has 10 heteroatoms. The molecule has 1 fully saturated rings. The summed E-state index contributed by atoms with van der Waals surface area (Å²) in [5.41, 5.74) is -1.15. The Kier molecular flexibility index (Phi) is 35.9. The SMILES string of the molecule is CCCCCCCCCCCCCCCCCC(=O)OCC(CPC1C(O)C(O)C(P)C(P)C1O)OC(=O)CCCCCCCCCCCCCCCCC. The van der Waals surface area contributed by atoms with Crippen molar-refractivity contribution < 1.29 is 34.4 Å². The van der Waals surface area contributed by atoms with E-state index < -0.39 is 30.1 Å². The van der Waals surface area contributed by atoms with Crippen LogP contribution >= 0.6 is 27.1 Å². The average molecular weight is 835 g/mol. The molecule has 0 saturated heterocycles. The molecule has 1 rings (SSSR count). The highest BCUT2D eigenvalue weighted by molar-refractivity contribution is 7.39. The molecule has 1 aliphatic rings. The molecule has 3 N–H and O–H groups in total. The zero-order valence-electron chi connectivity index (χ0n) is 35.7. The largest absolute Gasteiger partial charge is 0.462 e. The van der Waals surface area contributed by atoms with Gasteiger partial charge in [-0.2, -0.15) is 0 Å². The number of hydrogen-bond donors (Lipinski definition) is 3. The second-order valence-electron chi connectivity index (χ2n) is 16.8. The van der Waals surface area contributed by atoms with Gasteiger partial charge in [-0.05, 0) is 12.8 Å². The molecule has 0 amide bonds. The van der Waals surface area contributed by atoms with Crippen molar-refractivity contribution in [2.24, 2.45) is 0 Å². The molecule has 0 aromatic rings. The van der Waals surface area contributed by atoms with E-state index in [2.05, 4.69) is 32.3 Å². The number of rotatable bonds is 38. The lowest BCUT2D eigenvalue weighted by molar-refractivity contribution is -0.157. The number of aliphatic hydroxyl groups excluding tert-OH is 3. The third-order valence-corrected chi connectivity index (χ3v) is 15.6. The van der Waals surface area contributed by atoms with Crippen LogP contribution in [-0.4, -0.2) is 81.4 Å².